The summed E-state index contributed by atoms with van der Waals surface area (Å²) in [7, 11) is 2.15. The Balaban J connectivity index is 0.000000354. The highest BCUT2D eigenvalue weighted by atomic mass is 32.2. The maximum Gasteiger partial charge on any atom is 0.0502 e. The highest BCUT2D eigenvalue weighted by Gasteiger charge is 2.11. The van der Waals surface area contributed by atoms with Crippen LogP contribution in [0.1, 0.15) is 47.0 Å². The maximum absolute atomic E-state index is 2.31. The van der Waals surface area contributed by atoms with Crippen molar-refractivity contribution in [1.82, 2.24) is 0 Å². The molecular weight excluding hydrogens is 238 g/mol. The van der Waals surface area contributed by atoms with Gasteiger partial charge in [0.1, 0.15) is 0 Å². The van der Waals surface area contributed by atoms with E-state index in [4.69, 9.17) is 0 Å². The standard InChI is InChI=1S/C9H11NS.C5H12.C2H6/c1-10-6-7-11-9-5-3-2-4-8(9)10;1-3-5-4-2;1-2/h2-5H,6-7H2,1H3;3-5H2,1-2H3;1-2H3. The second kappa shape index (κ2) is 11.5. The molecule has 0 radical (unpaired) electrons. The van der Waals surface area contributed by atoms with E-state index in [-0.39, 0.29) is 0 Å². The summed E-state index contributed by atoms with van der Waals surface area (Å²) in [5, 5.41) is 0. The molecule has 0 aliphatic carbocycles. The van der Waals surface area contributed by atoms with E-state index in [9.17, 15) is 0 Å². The normalized spacial score (nSPS) is 12.6. The fourth-order valence-corrected chi connectivity index (χ4v) is 2.79. The van der Waals surface area contributed by atoms with Crippen molar-refractivity contribution >= 4 is 17.4 Å². The van der Waals surface area contributed by atoms with Gasteiger partial charge in [0, 0.05) is 24.2 Å². The summed E-state index contributed by atoms with van der Waals surface area (Å²) in [6, 6.07) is 8.57. The minimum absolute atomic E-state index is 1.17. The molecule has 0 amide bonds. The van der Waals surface area contributed by atoms with Crippen molar-refractivity contribution in [3.63, 3.8) is 0 Å². The van der Waals surface area contributed by atoms with E-state index in [2.05, 4.69) is 50.1 Å². The van der Waals surface area contributed by atoms with Gasteiger partial charge in [-0.25, -0.2) is 0 Å². The molecule has 18 heavy (non-hydrogen) atoms. The minimum Gasteiger partial charge on any atom is -0.373 e. The Bertz CT molecular complexity index is 297. The molecule has 1 nitrogen and oxygen atoms in total. The van der Waals surface area contributed by atoms with Crippen LogP contribution in [0.3, 0.4) is 0 Å². The summed E-state index contributed by atoms with van der Waals surface area (Å²) in [6.07, 6.45) is 4.08. The largest absolute Gasteiger partial charge is 0.373 e. The lowest BCUT2D eigenvalue weighted by Gasteiger charge is -2.26. The molecule has 0 aromatic heterocycles. The molecule has 1 aromatic rings. The topological polar surface area (TPSA) is 3.24 Å². The van der Waals surface area contributed by atoms with Crippen molar-refractivity contribution in [2.45, 2.75) is 51.9 Å². The molecule has 0 fully saturated rings. The van der Waals surface area contributed by atoms with Crippen LogP contribution in [-0.4, -0.2) is 19.3 Å². The van der Waals surface area contributed by atoms with Crippen molar-refractivity contribution in [3.05, 3.63) is 24.3 Å². The van der Waals surface area contributed by atoms with E-state index in [1.807, 2.05) is 25.6 Å². The average Bonchev–Trinajstić information content (AvgIpc) is 2.43. The zero-order valence-corrected chi connectivity index (χ0v) is 13.5. The maximum atomic E-state index is 2.31. The number of unbranched alkanes of at least 4 members (excludes halogenated alkanes) is 2. The van der Waals surface area contributed by atoms with E-state index in [0.717, 1.165) is 0 Å². The van der Waals surface area contributed by atoms with Gasteiger partial charge in [-0.15, -0.1) is 11.8 Å². The summed E-state index contributed by atoms with van der Waals surface area (Å²) in [4.78, 5) is 3.73. The van der Waals surface area contributed by atoms with Gasteiger partial charge in [-0.05, 0) is 12.1 Å². The Labute approximate surface area is 118 Å². The Morgan fingerprint density at radius 3 is 2.22 bits per heavy atom. The molecule has 1 heterocycles. The molecule has 104 valence electrons. The summed E-state index contributed by atoms with van der Waals surface area (Å²) in [6.45, 7) is 9.59. The molecule has 0 spiro atoms. The third kappa shape index (κ3) is 6.34. The summed E-state index contributed by atoms with van der Waals surface area (Å²) < 4.78 is 0. The van der Waals surface area contributed by atoms with Crippen molar-refractivity contribution in [2.24, 2.45) is 0 Å². The first-order valence-corrected chi connectivity index (χ1v) is 8.21. The zero-order valence-electron chi connectivity index (χ0n) is 12.7. The molecule has 2 heteroatoms. The number of rotatable bonds is 2. The molecule has 0 unspecified atom stereocenters. The number of thioether (sulfide) groups is 1. The van der Waals surface area contributed by atoms with Gasteiger partial charge in [-0.2, -0.15) is 0 Å². The van der Waals surface area contributed by atoms with Crippen LogP contribution in [0.2, 0.25) is 0 Å². The third-order valence-electron chi connectivity index (χ3n) is 2.67. The number of nitrogens with zero attached hydrogens (tertiary/aromatic N) is 1. The van der Waals surface area contributed by atoms with Gasteiger partial charge in [0.2, 0.25) is 0 Å². The van der Waals surface area contributed by atoms with Crippen molar-refractivity contribution < 1.29 is 0 Å². The minimum atomic E-state index is 1.17. The van der Waals surface area contributed by atoms with Crippen LogP contribution in [0.4, 0.5) is 5.69 Å². The number of fused-ring (bicyclic) bond motifs is 1. The van der Waals surface area contributed by atoms with Gasteiger partial charge in [0.15, 0.2) is 0 Å². The Kier molecular flexibility index (Phi) is 11.1. The van der Waals surface area contributed by atoms with Crippen molar-refractivity contribution in [2.75, 3.05) is 24.2 Å². The number of anilines is 1. The molecule has 1 aliphatic heterocycles. The SMILES string of the molecule is CC.CCCCC.CN1CCSc2ccccc21. The highest BCUT2D eigenvalue weighted by Crippen LogP contribution is 2.32. The van der Waals surface area contributed by atoms with Gasteiger partial charge in [-0.1, -0.05) is 59.1 Å². The lowest BCUT2D eigenvalue weighted by atomic mass is 10.3. The van der Waals surface area contributed by atoms with Crippen LogP contribution in [-0.2, 0) is 0 Å². The molecule has 2 rings (SSSR count). The van der Waals surface area contributed by atoms with Gasteiger partial charge >= 0.3 is 0 Å². The number of benzene rings is 1. The van der Waals surface area contributed by atoms with Gasteiger partial charge in [-0.3, -0.25) is 0 Å². The fourth-order valence-electron chi connectivity index (χ4n) is 1.66. The van der Waals surface area contributed by atoms with E-state index in [1.165, 1.54) is 42.1 Å². The molecule has 0 saturated carbocycles. The Hall–Kier alpha value is -0.630. The Morgan fingerprint density at radius 1 is 1.11 bits per heavy atom. The molecule has 0 saturated heterocycles. The molecule has 1 aliphatic rings. The predicted molar refractivity (Wildman–Crippen MR) is 87.0 cm³/mol. The van der Waals surface area contributed by atoms with Crippen molar-refractivity contribution in [1.29, 1.82) is 0 Å². The summed E-state index contributed by atoms with van der Waals surface area (Å²) in [5.74, 6) is 1.22. The van der Waals surface area contributed by atoms with Crippen LogP contribution in [0.5, 0.6) is 0 Å². The van der Waals surface area contributed by atoms with E-state index in [0.29, 0.717) is 0 Å². The van der Waals surface area contributed by atoms with E-state index < -0.39 is 0 Å². The quantitative estimate of drug-likeness (QED) is 0.701. The third-order valence-corrected chi connectivity index (χ3v) is 3.71. The smallest absolute Gasteiger partial charge is 0.0502 e. The van der Waals surface area contributed by atoms with Crippen LogP contribution in [0.25, 0.3) is 0 Å². The number of hydrogen-bond donors (Lipinski definition) is 0. The fraction of sp³-hybridized carbons (Fsp3) is 0.625. The number of hydrogen-bond acceptors (Lipinski definition) is 2. The van der Waals surface area contributed by atoms with Gasteiger partial charge in [0.25, 0.3) is 0 Å². The molecule has 0 atom stereocenters. The summed E-state index contributed by atoms with van der Waals surface area (Å²) in [5.41, 5.74) is 1.38. The lowest BCUT2D eigenvalue weighted by molar-refractivity contribution is 0.772. The van der Waals surface area contributed by atoms with Crippen LogP contribution >= 0.6 is 11.8 Å². The van der Waals surface area contributed by atoms with Crippen LogP contribution < -0.4 is 4.90 Å². The second-order valence-corrected chi connectivity index (χ2v) is 5.23. The van der Waals surface area contributed by atoms with Crippen LogP contribution in [0, 0.1) is 0 Å². The number of para-hydroxylation sites is 1. The van der Waals surface area contributed by atoms with Crippen molar-refractivity contribution in [3.8, 4) is 0 Å². The van der Waals surface area contributed by atoms with Crippen LogP contribution in [0.15, 0.2) is 29.2 Å². The van der Waals surface area contributed by atoms with Gasteiger partial charge < -0.3 is 4.90 Å². The lowest BCUT2D eigenvalue weighted by Crippen LogP contribution is -2.23. The summed E-state index contributed by atoms with van der Waals surface area (Å²) >= 11 is 1.95. The molecule has 1 aromatic carbocycles. The average molecular weight is 267 g/mol. The second-order valence-electron chi connectivity index (χ2n) is 4.09. The first kappa shape index (κ1) is 17.4. The first-order chi connectivity index (χ1) is 8.79. The predicted octanol–water partition coefficient (Wildman–Crippen LogP) is 5.45. The molecular formula is C16H29NS. The molecule has 0 N–H and O–H groups in total. The molecule has 0 bridgehead atoms. The van der Waals surface area contributed by atoms with Gasteiger partial charge in [0.05, 0.1) is 5.69 Å². The highest BCUT2D eigenvalue weighted by molar-refractivity contribution is 7.99. The zero-order chi connectivity index (χ0) is 13.8. The monoisotopic (exact) mass is 267 g/mol. The van der Waals surface area contributed by atoms with E-state index >= 15 is 0 Å². The Morgan fingerprint density at radius 2 is 1.72 bits per heavy atom. The first-order valence-electron chi connectivity index (χ1n) is 7.22. The van der Waals surface area contributed by atoms with E-state index in [1.54, 1.807) is 0 Å².